The van der Waals surface area contributed by atoms with Crippen molar-refractivity contribution in [3.8, 4) is 11.5 Å². The Balaban J connectivity index is 1.62. The van der Waals surface area contributed by atoms with E-state index >= 15 is 0 Å². The molecule has 180 valence electrons. The van der Waals surface area contributed by atoms with Gasteiger partial charge in [-0.2, -0.15) is 0 Å². The van der Waals surface area contributed by atoms with E-state index in [0.29, 0.717) is 28.5 Å². The number of ether oxygens (including phenoxy) is 2. The second-order valence-corrected chi connectivity index (χ2v) is 9.40. The van der Waals surface area contributed by atoms with E-state index in [1.807, 2.05) is 17.6 Å². The average molecular weight is 466 g/mol. The standard InChI is InChI=1S/C26H31N3O5/c1-26(25(31)27-17-8-6-4-5-7-9-17)16-28-19-12-13-34-23(19)15-21(28)24(30)29(26)20-14-18(32-2)10-11-22(20)33-3/h10-15,17H,4-9,16H2,1-3H3,(H,27,31)/t26-/m0/s1. The highest BCUT2D eigenvalue weighted by Gasteiger charge is 2.50. The first-order valence-corrected chi connectivity index (χ1v) is 11.9. The topological polar surface area (TPSA) is 85.9 Å². The Morgan fingerprint density at radius 2 is 1.85 bits per heavy atom. The minimum Gasteiger partial charge on any atom is -0.497 e. The van der Waals surface area contributed by atoms with Crippen LogP contribution in [-0.2, 0) is 11.3 Å². The van der Waals surface area contributed by atoms with Gasteiger partial charge in [0, 0.05) is 24.2 Å². The zero-order valence-corrected chi connectivity index (χ0v) is 19.9. The number of methoxy groups -OCH3 is 2. The fourth-order valence-electron chi connectivity index (χ4n) is 5.33. The predicted molar refractivity (Wildman–Crippen MR) is 129 cm³/mol. The molecule has 0 unspecified atom stereocenters. The van der Waals surface area contributed by atoms with E-state index in [2.05, 4.69) is 5.32 Å². The smallest absolute Gasteiger partial charge is 0.276 e. The fourth-order valence-corrected chi connectivity index (χ4v) is 5.33. The van der Waals surface area contributed by atoms with Gasteiger partial charge in [-0.05, 0) is 31.9 Å². The normalized spacial score (nSPS) is 21.3. The number of benzene rings is 1. The highest BCUT2D eigenvalue weighted by atomic mass is 16.5. The van der Waals surface area contributed by atoms with Crippen molar-refractivity contribution in [1.29, 1.82) is 0 Å². The van der Waals surface area contributed by atoms with E-state index in [-0.39, 0.29) is 24.4 Å². The SMILES string of the molecule is COc1ccc(OC)c(N2C(=O)c3cc4occc4n3C[C@@]2(C)C(=O)NC2CCCCCC2)c1. The monoisotopic (exact) mass is 465 g/mol. The lowest BCUT2D eigenvalue weighted by atomic mass is 9.92. The molecule has 1 aliphatic carbocycles. The average Bonchev–Trinajstić information content (AvgIpc) is 3.33. The summed E-state index contributed by atoms with van der Waals surface area (Å²) in [5.41, 5.74) is 1.19. The van der Waals surface area contributed by atoms with E-state index in [1.165, 1.54) is 12.8 Å². The lowest BCUT2D eigenvalue weighted by molar-refractivity contribution is -0.127. The quantitative estimate of drug-likeness (QED) is 0.561. The molecule has 0 bridgehead atoms. The largest absolute Gasteiger partial charge is 0.497 e. The van der Waals surface area contributed by atoms with Gasteiger partial charge in [0.25, 0.3) is 5.91 Å². The highest BCUT2D eigenvalue weighted by molar-refractivity contribution is 6.14. The zero-order valence-electron chi connectivity index (χ0n) is 19.9. The summed E-state index contributed by atoms with van der Waals surface area (Å²) in [5.74, 6) is 0.604. The summed E-state index contributed by atoms with van der Waals surface area (Å²) in [5, 5.41) is 3.28. The molecule has 1 N–H and O–H groups in total. The second kappa shape index (κ2) is 8.74. The zero-order chi connectivity index (χ0) is 23.9. The maximum atomic E-state index is 14.0. The number of nitrogens with one attached hydrogen (secondary N) is 1. The number of furan rings is 1. The molecule has 8 heteroatoms. The number of carbonyl (C=O) groups excluding carboxylic acids is 2. The molecule has 1 aliphatic heterocycles. The first-order chi connectivity index (χ1) is 16.5. The summed E-state index contributed by atoms with van der Waals surface area (Å²) in [6.07, 6.45) is 8.11. The Morgan fingerprint density at radius 1 is 1.09 bits per heavy atom. The van der Waals surface area contributed by atoms with Crippen LogP contribution in [0.25, 0.3) is 11.1 Å². The van der Waals surface area contributed by atoms with Crippen LogP contribution in [-0.4, -0.2) is 42.2 Å². The Bertz CT molecular complexity index is 1220. The molecule has 0 radical (unpaired) electrons. The lowest BCUT2D eigenvalue weighted by Crippen LogP contribution is -2.65. The molecule has 34 heavy (non-hydrogen) atoms. The minimum absolute atomic E-state index is 0.107. The molecule has 1 fully saturated rings. The first-order valence-electron chi connectivity index (χ1n) is 11.9. The Hall–Kier alpha value is -3.42. The summed E-state index contributed by atoms with van der Waals surface area (Å²) >= 11 is 0. The van der Waals surface area contributed by atoms with Gasteiger partial charge < -0.3 is 23.8 Å². The summed E-state index contributed by atoms with van der Waals surface area (Å²) in [4.78, 5) is 29.5. The molecule has 1 atom stereocenters. The number of aromatic nitrogens is 1. The Kier molecular flexibility index (Phi) is 5.75. The number of amides is 2. The van der Waals surface area contributed by atoms with Crippen LogP contribution in [0, 0.1) is 0 Å². The molecule has 1 aromatic carbocycles. The molecular weight excluding hydrogens is 434 g/mol. The minimum atomic E-state index is -1.20. The van der Waals surface area contributed by atoms with Crippen LogP contribution < -0.4 is 19.7 Å². The third-order valence-corrected chi connectivity index (χ3v) is 7.21. The van der Waals surface area contributed by atoms with Crippen molar-refractivity contribution in [2.75, 3.05) is 19.1 Å². The van der Waals surface area contributed by atoms with Gasteiger partial charge in [0.05, 0.1) is 38.2 Å². The van der Waals surface area contributed by atoms with Crippen molar-refractivity contribution < 1.29 is 23.5 Å². The first kappa shape index (κ1) is 22.4. The predicted octanol–water partition coefficient (Wildman–Crippen LogP) is 4.51. The van der Waals surface area contributed by atoms with Crippen LogP contribution in [0.2, 0.25) is 0 Å². The fraction of sp³-hybridized carbons (Fsp3) is 0.462. The van der Waals surface area contributed by atoms with Gasteiger partial charge >= 0.3 is 0 Å². The van der Waals surface area contributed by atoms with Crippen molar-refractivity contribution in [3.63, 3.8) is 0 Å². The van der Waals surface area contributed by atoms with Gasteiger partial charge in [0.1, 0.15) is 22.7 Å². The van der Waals surface area contributed by atoms with Gasteiger partial charge in [0.15, 0.2) is 5.58 Å². The number of carbonyl (C=O) groups is 2. The van der Waals surface area contributed by atoms with Crippen molar-refractivity contribution in [3.05, 3.63) is 42.3 Å². The van der Waals surface area contributed by atoms with Crippen LogP contribution in [0.4, 0.5) is 5.69 Å². The van der Waals surface area contributed by atoms with E-state index in [0.717, 1.165) is 31.2 Å². The van der Waals surface area contributed by atoms with E-state index in [9.17, 15) is 9.59 Å². The molecule has 0 saturated heterocycles. The Labute approximate surface area is 198 Å². The van der Waals surface area contributed by atoms with Gasteiger partial charge in [-0.1, -0.05) is 25.7 Å². The number of rotatable bonds is 5. The van der Waals surface area contributed by atoms with Crippen molar-refractivity contribution >= 4 is 28.6 Å². The van der Waals surface area contributed by atoms with Gasteiger partial charge in [-0.25, -0.2) is 0 Å². The van der Waals surface area contributed by atoms with Crippen LogP contribution in [0.15, 0.2) is 41.0 Å². The molecule has 8 nitrogen and oxygen atoms in total. The maximum absolute atomic E-state index is 14.0. The second-order valence-electron chi connectivity index (χ2n) is 9.40. The molecule has 3 aromatic rings. The number of hydrogen-bond acceptors (Lipinski definition) is 5. The Morgan fingerprint density at radius 3 is 2.56 bits per heavy atom. The molecule has 5 rings (SSSR count). The van der Waals surface area contributed by atoms with Crippen LogP contribution >= 0.6 is 0 Å². The van der Waals surface area contributed by atoms with Crippen molar-refractivity contribution in [1.82, 2.24) is 9.88 Å². The number of fused-ring (bicyclic) bond motifs is 3. The molecule has 2 aromatic heterocycles. The molecule has 1 saturated carbocycles. The molecular formula is C26H31N3O5. The van der Waals surface area contributed by atoms with Gasteiger partial charge in [0.2, 0.25) is 5.91 Å². The van der Waals surface area contributed by atoms with Crippen LogP contribution in [0.3, 0.4) is 0 Å². The number of nitrogens with zero attached hydrogens (tertiary/aromatic N) is 2. The lowest BCUT2D eigenvalue weighted by Gasteiger charge is -2.44. The number of hydrogen-bond donors (Lipinski definition) is 1. The molecule has 0 spiro atoms. The van der Waals surface area contributed by atoms with E-state index < -0.39 is 5.54 Å². The van der Waals surface area contributed by atoms with Crippen LogP contribution in [0.1, 0.15) is 55.9 Å². The summed E-state index contributed by atoms with van der Waals surface area (Å²) in [6, 6.07) is 8.95. The number of anilines is 1. The third-order valence-electron chi connectivity index (χ3n) is 7.21. The third kappa shape index (κ3) is 3.61. The molecule has 3 heterocycles. The molecule has 2 aliphatic rings. The van der Waals surface area contributed by atoms with Crippen molar-refractivity contribution in [2.45, 2.75) is 63.6 Å². The highest BCUT2D eigenvalue weighted by Crippen LogP contribution is 2.41. The van der Waals surface area contributed by atoms with E-state index in [1.54, 1.807) is 49.6 Å². The summed E-state index contributed by atoms with van der Waals surface area (Å²) in [6.45, 7) is 2.11. The maximum Gasteiger partial charge on any atom is 0.276 e. The summed E-state index contributed by atoms with van der Waals surface area (Å²) in [7, 11) is 3.12. The van der Waals surface area contributed by atoms with Gasteiger partial charge in [-0.15, -0.1) is 0 Å². The molecule has 2 amide bonds. The van der Waals surface area contributed by atoms with Crippen molar-refractivity contribution in [2.24, 2.45) is 0 Å². The van der Waals surface area contributed by atoms with Gasteiger partial charge in [-0.3, -0.25) is 14.5 Å². The van der Waals surface area contributed by atoms with Crippen LogP contribution in [0.5, 0.6) is 11.5 Å². The summed E-state index contributed by atoms with van der Waals surface area (Å²) < 4.78 is 18.5. The van der Waals surface area contributed by atoms with E-state index in [4.69, 9.17) is 13.9 Å².